The average molecular weight is 296 g/mol. The predicted octanol–water partition coefficient (Wildman–Crippen LogP) is 3.48. The lowest BCUT2D eigenvalue weighted by molar-refractivity contribution is 0.793. The van der Waals surface area contributed by atoms with Gasteiger partial charge < -0.3 is 4.57 Å². The van der Waals surface area contributed by atoms with Gasteiger partial charge in [-0.05, 0) is 24.1 Å². The van der Waals surface area contributed by atoms with E-state index >= 15 is 0 Å². The second kappa shape index (κ2) is 6.10. The minimum atomic E-state index is 0.841. The molecule has 0 fully saturated rings. The summed E-state index contributed by atoms with van der Waals surface area (Å²) in [6.07, 6.45) is 3.67. The molecule has 0 aliphatic rings. The van der Waals surface area contributed by atoms with Crippen molar-refractivity contribution in [3.63, 3.8) is 0 Å². The molecule has 4 nitrogen and oxygen atoms in total. The summed E-state index contributed by atoms with van der Waals surface area (Å²) in [4.78, 5) is 4.13. The van der Waals surface area contributed by atoms with Crippen LogP contribution in [0, 0.1) is 6.92 Å². The van der Waals surface area contributed by atoms with Gasteiger partial charge in [-0.1, -0.05) is 42.1 Å². The fourth-order valence-corrected chi connectivity index (χ4v) is 2.98. The van der Waals surface area contributed by atoms with Crippen molar-refractivity contribution in [2.45, 2.75) is 17.8 Å². The number of rotatable bonds is 4. The minimum absolute atomic E-state index is 0.841. The first-order chi connectivity index (χ1) is 10.3. The second-order valence-corrected chi connectivity index (χ2v) is 5.77. The van der Waals surface area contributed by atoms with Crippen molar-refractivity contribution in [2.75, 3.05) is 0 Å². The third-order valence-corrected chi connectivity index (χ3v) is 4.40. The van der Waals surface area contributed by atoms with Crippen LogP contribution in [0.1, 0.15) is 11.1 Å². The number of hydrogen-bond acceptors (Lipinski definition) is 4. The molecule has 3 aromatic rings. The van der Waals surface area contributed by atoms with Crippen molar-refractivity contribution < 1.29 is 0 Å². The van der Waals surface area contributed by atoms with Crippen molar-refractivity contribution in [1.82, 2.24) is 19.7 Å². The highest BCUT2D eigenvalue weighted by atomic mass is 32.2. The zero-order valence-electron chi connectivity index (χ0n) is 12.0. The first-order valence-electron chi connectivity index (χ1n) is 6.73. The van der Waals surface area contributed by atoms with Crippen LogP contribution in [0.25, 0.3) is 11.4 Å². The summed E-state index contributed by atoms with van der Waals surface area (Å²) in [6.45, 7) is 2.09. The molecule has 0 saturated carbocycles. The van der Waals surface area contributed by atoms with E-state index in [4.69, 9.17) is 0 Å². The van der Waals surface area contributed by atoms with E-state index in [1.54, 1.807) is 18.0 Å². The maximum atomic E-state index is 4.34. The quantitative estimate of drug-likeness (QED) is 0.691. The molecule has 21 heavy (non-hydrogen) atoms. The molecule has 0 N–H and O–H groups in total. The summed E-state index contributed by atoms with van der Waals surface area (Å²) < 4.78 is 2.05. The molecule has 5 heteroatoms. The summed E-state index contributed by atoms with van der Waals surface area (Å²) in [5.41, 5.74) is 3.51. The first kappa shape index (κ1) is 13.8. The second-order valence-electron chi connectivity index (χ2n) is 4.83. The van der Waals surface area contributed by atoms with Crippen molar-refractivity contribution in [3.05, 3.63) is 59.9 Å². The molecule has 0 aliphatic carbocycles. The largest absolute Gasteiger partial charge is 0.305 e. The number of aromatic nitrogens is 4. The molecule has 0 atom stereocenters. The molecule has 2 aromatic heterocycles. The molecular formula is C16H16N4S. The zero-order valence-corrected chi connectivity index (χ0v) is 12.8. The summed E-state index contributed by atoms with van der Waals surface area (Å²) in [5, 5.41) is 9.55. The number of benzene rings is 1. The summed E-state index contributed by atoms with van der Waals surface area (Å²) >= 11 is 1.67. The number of nitrogens with zero attached hydrogens (tertiary/aromatic N) is 4. The van der Waals surface area contributed by atoms with Gasteiger partial charge in [0.25, 0.3) is 0 Å². The van der Waals surface area contributed by atoms with E-state index in [1.807, 2.05) is 36.0 Å². The summed E-state index contributed by atoms with van der Waals surface area (Å²) in [6, 6.07) is 12.2. The van der Waals surface area contributed by atoms with E-state index in [0.717, 1.165) is 22.3 Å². The summed E-state index contributed by atoms with van der Waals surface area (Å²) in [7, 11) is 2.01. The van der Waals surface area contributed by atoms with E-state index in [2.05, 4.69) is 40.3 Å². The number of hydrogen-bond donors (Lipinski definition) is 0. The molecule has 1 aromatic carbocycles. The number of pyridine rings is 1. The van der Waals surface area contributed by atoms with Gasteiger partial charge >= 0.3 is 0 Å². The molecular weight excluding hydrogens is 280 g/mol. The Kier molecular flexibility index (Phi) is 4.01. The van der Waals surface area contributed by atoms with E-state index in [0.29, 0.717) is 0 Å². The standard InChI is InChI=1S/C16H16N4S/c1-12-6-3-4-8-14(12)15-18-19-16(20(15)2)21-11-13-7-5-9-17-10-13/h3-10H,11H2,1-2H3. The molecule has 0 unspecified atom stereocenters. The van der Waals surface area contributed by atoms with Gasteiger partial charge in [0.1, 0.15) is 0 Å². The number of thioether (sulfide) groups is 1. The van der Waals surface area contributed by atoms with Crippen LogP contribution in [-0.2, 0) is 12.8 Å². The third kappa shape index (κ3) is 2.97. The van der Waals surface area contributed by atoms with E-state index in [1.165, 1.54) is 11.1 Å². The van der Waals surface area contributed by atoms with Gasteiger partial charge in [-0.3, -0.25) is 4.98 Å². The van der Waals surface area contributed by atoms with Crippen LogP contribution in [0.2, 0.25) is 0 Å². The molecule has 0 radical (unpaired) electrons. The average Bonchev–Trinajstić information content (AvgIpc) is 2.88. The highest BCUT2D eigenvalue weighted by Crippen LogP contribution is 2.26. The molecule has 0 saturated heterocycles. The van der Waals surface area contributed by atoms with Crippen LogP contribution in [0.4, 0.5) is 0 Å². The van der Waals surface area contributed by atoms with Crippen LogP contribution >= 0.6 is 11.8 Å². The molecule has 0 aliphatic heterocycles. The fraction of sp³-hybridized carbons (Fsp3) is 0.188. The Balaban J connectivity index is 1.82. The number of aryl methyl sites for hydroxylation is 1. The van der Waals surface area contributed by atoms with E-state index < -0.39 is 0 Å². The maximum Gasteiger partial charge on any atom is 0.191 e. The lowest BCUT2D eigenvalue weighted by atomic mass is 10.1. The van der Waals surface area contributed by atoms with Gasteiger partial charge in [-0.25, -0.2) is 0 Å². The van der Waals surface area contributed by atoms with E-state index in [9.17, 15) is 0 Å². The van der Waals surface area contributed by atoms with Crippen molar-refractivity contribution in [1.29, 1.82) is 0 Å². The van der Waals surface area contributed by atoms with E-state index in [-0.39, 0.29) is 0 Å². The molecule has 2 heterocycles. The van der Waals surface area contributed by atoms with Gasteiger partial charge in [0.15, 0.2) is 11.0 Å². The topological polar surface area (TPSA) is 43.6 Å². The molecule has 0 bridgehead atoms. The SMILES string of the molecule is Cc1ccccc1-c1nnc(SCc2cccnc2)n1C. The summed E-state index contributed by atoms with van der Waals surface area (Å²) in [5.74, 6) is 1.75. The minimum Gasteiger partial charge on any atom is -0.305 e. The van der Waals surface area contributed by atoms with Crippen LogP contribution in [-0.4, -0.2) is 19.7 Å². The Labute approximate surface area is 128 Å². The van der Waals surface area contributed by atoms with Crippen molar-refractivity contribution >= 4 is 11.8 Å². The molecule has 0 amide bonds. The van der Waals surface area contributed by atoms with Gasteiger partial charge in [-0.15, -0.1) is 10.2 Å². The van der Waals surface area contributed by atoms with Gasteiger partial charge in [0, 0.05) is 30.8 Å². The Hall–Kier alpha value is -2.14. The molecule has 3 rings (SSSR count). The third-order valence-electron chi connectivity index (χ3n) is 3.31. The first-order valence-corrected chi connectivity index (χ1v) is 7.71. The van der Waals surface area contributed by atoms with Gasteiger partial charge in [0.2, 0.25) is 0 Å². The highest BCUT2D eigenvalue weighted by molar-refractivity contribution is 7.98. The smallest absolute Gasteiger partial charge is 0.191 e. The van der Waals surface area contributed by atoms with Crippen molar-refractivity contribution in [3.8, 4) is 11.4 Å². The van der Waals surface area contributed by atoms with Crippen LogP contribution in [0.15, 0.2) is 53.9 Å². The molecule has 106 valence electrons. The Morgan fingerprint density at radius 3 is 2.71 bits per heavy atom. The highest BCUT2D eigenvalue weighted by Gasteiger charge is 2.12. The normalized spacial score (nSPS) is 10.8. The Morgan fingerprint density at radius 1 is 1.10 bits per heavy atom. The lowest BCUT2D eigenvalue weighted by Gasteiger charge is -2.06. The van der Waals surface area contributed by atoms with Crippen LogP contribution < -0.4 is 0 Å². The van der Waals surface area contributed by atoms with Gasteiger partial charge in [0.05, 0.1) is 0 Å². The monoisotopic (exact) mass is 296 g/mol. The Bertz CT molecular complexity index is 737. The Morgan fingerprint density at radius 2 is 1.95 bits per heavy atom. The lowest BCUT2D eigenvalue weighted by Crippen LogP contribution is -1.96. The predicted molar refractivity (Wildman–Crippen MR) is 85.0 cm³/mol. The van der Waals surface area contributed by atoms with Crippen molar-refractivity contribution in [2.24, 2.45) is 7.05 Å². The van der Waals surface area contributed by atoms with Gasteiger partial charge in [-0.2, -0.15) is 0 Å². The van der Waals surface area contributed by atoms with Crippen LogP contribution in [0.5, 0.6) is 0 Å². The molecule has 0 spiro atoms. The maximum absolute atomic E-state index is 4.34. The fourth-order valence-electron chi connectivity index (χ4n) is 2.13. The zero-order chi connectivity index (χ0) is 14.7. The van der Waals surface area contributed by atoms with Crippen LogP contribution in [0.3, 0.4) is 0 Å².